The number of carbonyl (C=O) groups excluding carboxylic acids is 3. The van der Waals surface area contributed by atoms with Crippen LogP contribution < -0.4 is 20.1 Å². The fraction of sp³-hybridized carbons (Fsp3) is 0.227. The van der Waals surface area contributed by atoms with Gasteiger partial charge in [-0.3, -0.25) is 14.9 Å². The maximum atomic E-state index is 12.9. The lowest BCUT2D eigenvalue weighted by Crippen LogP contribution is -2.54. The van der Waals surface area contributed by atoms with E-state index in [1.54, 1.807) is 18.2 Å². The number of methoxy groups -OCH3 is 1. The molecule has 0 spiro atoms. The number of benzene rings is 2. The van der Waals surface area contributed by atoms with Crippen molar-refractivity contribution in [2.45, 2.75) is 18.4 Å². The highest BCUT2D eigenvalue weighted by Gasteiger charge is 2.48. The van der Waals surface area contributed by atoms with Crippen molar-refractivity contribution in [1.29, 1.82) is 0 Å². The molecule has 2 aromatic rings. The Labute approximate surface area is 185 Å². The molecule has 1 saturated heterocycles. The molecule has 2 aliphatic heterocycles. The molecule has 4 rings (SSSR count). The van der Waals surface area contributed by atoms with E-state index in [2.05, 4.69) is 27.2 Å². The molecule has 0 bridgehead atoms. The monoisotopic (exact) mass is 459 g/mol. The van der Waals surface area contributed by atoms with E-state index >= 15 is 0 Å². The number of amides is 4. The Bertz CT molecular complexity index is 1200. The lowest BCUT2D eigenvalue weighted by atomic mass is 9.99. The third kappa shape index (κ3) is 4.55. The second-order valence-corrected chi connectivity index (χ2v) is 7.32. The molecule has 2 N–H and O–H groups in total. The van der Waals surface area contributed by atoms with Crippen molar-refractivity contribution >= 4 is 17.8 Å². The van der Waals surface area contributed by atoms with Gasteiger partial charge in [0.2, 0.25) is 5.54 Å². The molecule has 1 fully saturated rings. The number of halogens is 3. The van der Waals surface area contributed by atoms with Crippen molar-refractivity contribution in [2.24, 2.45) is 0 Å². The van der Waals surface area contributed by atoms with Gasteiger partial charge in [0, 0.05) is 17.7 Å². The number of rotatable bonds is 4. The first-order valence-electron chi connectivity index (χ1n) is 9.57. The maximum Gasteiger partial charge on any atom is 0.573 e. The summed E-state index contributed by atoms with van der Waals surface area (Å²) in [5.74, 6) is 4.34. The first-order valence-corrected chi connectivity index (χ1v) is 9.57. The molecule has 2 heterocycles. The first-order chi connectivity index (χ1) is 15.6. The number of fused-ring (bicyclic) bond motifs is 1. The molecule has 2 aromatic carbocycles. The van der Waals surface area contributed by atoms with Gasteiger partial charge >= 0.3 is 12.4 Å². The number of ether oxygens (including phenoxy) is 2. The molecular formula is C22H16F3N3O5. The number of alkyl halides is 3. The quantitative estimate of drug-likeness (QED) is 0.540. The number of urea groups is 1. The zero-order valence-electron chi connectivity index (χ0n) is 17.1. The van der Waals surface area contributed by atoms with Crippen molar-refractivity contribution in [1.82, 2.24) is 15.5 Å². The van der Waals surface area contributed by atoms with Gasteiger partial charge in [-0.15, -0.1) is 13.2 Å². The Hall–Kier alpha value is -4.20. The molecule has 2 aliphatic rings. The highest BCUT2D eigenvalue weighted by atomic mass is 19.4. The minimum absolute atomic E-state index is 0.203. The zero-order valence-corrected chi connectivity index (χ0v) is 17.1. The van der Waals surface area contributed by atoms with Crippen molar-refractivity contribution in [3.05, 3.63) is 59.2 Å². The third-order valence-electron chi connectivity index (χ3n) is 5.07. The zero-order chi connectivity index (χ0) is 23.8. The number of imide groups is 1. The van der Waals surface area contributed by atoms with Crippen molar-refractivity contribution in [3.8, 4) is 23.3 Å². The number of carbonyl (C=O) groups is 3. The number of nitrogens with one attached hydrogen (secondary N) is 2. The highest BCUT2D eigenvalue weighted by Crippen LogP contribution is 2.28. The highest BCUT2D eigenvalue weighted by molar-refractivity contribution is 6.10. The second-order valence-electron chi connectivity index (χ2n) is 7.32. The SMILES string of the molecule is COc1ccc2c(c1)C(=O)N(C[C@@]1(C#Cc3ccc(OC(F)(F)F)cc3)NC(=O)NC1=O)C2. The van der Waals surface area contributed by atoms with E-state index < -0.39 is 29.6 Å². The summed E-state index contributed by atoms with van der Waals surface area (Å²) >= 11 is 0. The average molecular weight is 459 g/mol. The van der Waals surface area contributed by atoms with E-state index in [9.17, 15) is 27.6 Å². The summed E-state index contributed by atoms with van der Waals surface area (Å²) in [6, 6.07) is 8.97. The Balaban J connectivity index is 1.58. The van der Waals surface area contributed by atoms with E-state index in [-0.39, 0.29) is 24.6 Å². The number of hydrogen-bond donors (Lipinski definition) is 2. The summed E-state index contributed by atoms with van der Waals surface area (Å²) in [5.41, 5.74) is -0.310. The number of nitrogens with zero attached hydrogens (tertiary/aromatic N) is 1. The minimum Gasteiger partial charge on any atom is -0.497 e. The Morgan fingerprint density at radius 2 is 1.79 bits per heavy atom. The van der Waals surface area contributed by atoms with Gasteiger partial charge < -0.3 is 19.7 Å². The summed E-state index contributed by atoms with van der Waals surface area (Å²) < 4.78 is 45.9. The minimum atomic E-state index is -4.83. The van der Waals surface area contributed by atoms with Crippen molar-refractivity contribution in [3.63, 3.8) is 0 Å². The van der Waals surface area contributed by atoms with Crippen molar-refractivity contribution in [2.75, 3.05) is 13.7 Å². The predicted octanol–water partition coefficient (Wildman–Crippen LogP) is 2.18. The fourth-order valence-corrected chi connectivity index (χ4v) is 3.53. The topological polar surface area (TPSA) is 97.0 Å². The van der Waals surface area contributed by atoms with Crippen LogP contribution in [0.2, 0.25) is 0 Å². The van der Waals surface area contributed by atoms with Gasteiger partial charge in [0.25, 0.3) is 11.8 Å². The van der Waals surface area contributed by atoms with Crippen LogP contribution >= 0.6 is 0 Å². The van der Waals surface area contributed by atoms with Crippen LogP contribution in [-0.2, 0) is 11.3 Å². The number of hydrogen-bond acceptors (Lipinski definition) is 5. The third-order valence-corrected chi connectivity index (χ3v) is 5.07. The lowest BCUT2D eigenvalue weighted by molar-refractivity contribution is -0.274. The molecule has 11 heteroatoms. The molecule has 170 valence electrons. The summed E-state index contributed by atoms with van der Waals surface area (Å²) in [6.45, 7) is -0.0309. The fourth-order valence-electron chi connectivity index (χ4n) is 3.53. The van der Waals surface area contributed by atoms with Crippen LogP contribution in [0.15, 0.2) is 42.5 Å². The van der Waals surface area contributed by atoms with Gasteiger partial charge in [0.15, 0.2) is 0 Å². The molecule has 0 radical (unpaired) electrons. The molecule has 8 nitrogen and oxygen atoms in total. The summed E-state index contributed by atoms with van der Waals surface area (Å²) in [6.07, 6.45) is -4.83. The Morgan fingerprint density at radius 3 is 2.39 bits per heavy atom. The molecule has 1 atom stereocenters. The second kappa shape index (κ2) is 8.05. The standard InChI is InChI=1S/C22H16F3N3O5/c1-32-16-7-4-14-11-28(18(29)17(14)10-16)12-21(19(30)26-20(31)27-21)9-8-13-2-5-15(6-3-13)33-22(23,24)25/h2-7,10H,11-12H2,1H3,(H2,26,27,30,31)/t21-/m1/s1. The van der Waals surface area contributed by atoms with Gasteiger partial charge in [0.05, 0.1) is 13.7 Å². The van der Waals surface area contributed by atoms with E-state index in [0.717, 1.165) is 17.7 Å². The average Bonchev–Trinajstić information content (AvgIpc) is 3.21. The molecule has 4 amide bonds. The van der Waals surface area contributed by atoms with E-state index in [1.165, 1.54) is 24.1 Å². The predicted molar refractivity (Wildman–Crippen MR) is 107 cm³/mol. The van der Waals surface area contributed by atoms with Gasteiger partial charge in [-0.25, -0.2) is 4.79 Å². The summed E-state index contributed by atoms with van der Waals surface area (Å²) in [5, 5.41) is 4.57. The largest absolute Gasteiger partial charge is 0.573 e. The Morgan fingerprint density at radius 1 is 1.09 bits per heavy atom. The van der Waals surface area contributed by atoms with E-state index in [0.29, 0.717) is 11.3 Å². The van der Waals surface area contributed by atoms with Gasteiger partial charge in [-0.2, -0.15) is 0 Å². The van der Waals surface area contributed by atoms with Crippen molar-refractivity contribution < 1.29 is 37.0 Å². The molecule has 0 saturated carbocycles. The van der Waals surface area contributed by atoms with Crippen LogP contribution in [0, 0.1) is 11.8 Å². The summed E-state index contributed by atoms with van der Waals surface area (Å²) in [7, 11) is 1.48. The molecule has 33 heavy (non-hydrogen) atoms. The maximum absolute atomic E-state index is 12.9. The van der Waals surface area contributed by atoms with Crippen LogP contribution in [0.4, 0.5) is 18.0 Å². The Kier molecular flexibility index (Phi) is 5.37. The van der Waals surface area contributed by atoms with Gasteiger partial charge in [-0.05, 0) is 42.0 Å². The van der Waals surface area contributed by atoms with Crippen LogP contribution in [0.5, 0.6) is 11.5 Å². The van der Waals surface area contributed by atoms with E-state index in [1.807, 2.05) is 0 Å². The van der Waals surface area contributed by atoms with Crippen LogP contribution in [-0.4, -0.2) is 48.3 Å². The van der Waals surface area contributed by atoms with E-state index in [4.69, 9.17) is 4.74 Å². The van der Waals surface area contributed by atoms with Crippen LogP contribution in [0.1, 0.15) is 21.5 Å². The smallest absolute Gasteiger partial charge is 0.497 e. The first kappa shape index (κ1) is 22.0. The summed E-state index contributed by atoms with van der Waals surface area (Å²) in [4.78, 5) is 38.7. The molecule has 0 aliphatic carbocycles. The van der Waals surface area contributed by atoms with Crippen LogP contribution in [0.3, 0.4) is 0 Å². The molecule has 0 unspecified atom stereocenters. The van der Waals surface area contributed by atoms with Gasteiger partial charge in [0.1, 0.15) is 11.5 Å². The lowest BCUT2D eigenvalue weighted by Gasteiger charge is -2.26. The normalized spacial score (nSPS) is 19.4. The van der Waals surface area contributed by atoms with Gasteiger partial charge in [-0.1, -0.05) is 17.9 Å². The van der Waals surface area contributed by atoms with Crippen LogP contribution in [0.25, 0.3) is 0 Å². The molecule has 0 aromatic heterocycles. The molecular weight excluding hydrogens is 443 g/mol.